The first kappa shape index (κ1) is 15.3. The van der Waals surface area contributed by atoms with E-state index in [1.165, 1.54) is 5.56 Å². The number of rotatable bonds is 3. The quantitative estimate of drug-likeness (QED) is 0.674. The Balaban J connectivity index is 1.63. The van der Waals surface area contributed by atoms with E-state index in [4.69, 9.17) is 9.47 Å². The SMILES string of the molecule is CN=C(NCc1ccn(C)c1)Nc1ccc2c(c1)OCCCO2. The molecule has 6 nitrogen and oxygen atoms in total. The van der Waals surface area contributed by atoms with Crippen molar-refractivity contribution in [3.05, 3.63) is 42.2 Å². The molecule has 0 fully saturated rings. The number of aliphatic imine (C=N–C) groups is 1. The molecular weight excluding hydrogens is 292 g/mol. The summed E-state index contributed by atoms with van der Waals surface area (Å²) in [5.74, 6) is 2.27. The Morgan fingerprint density at radius 2 is 2.04 bits per heavy atom. The zero-order valence-electron chi connectivity index (χ0n) is 13.5. The lowest BCUT2D eigenvalue weighted by Crippen LogP contribution is -2.30. The lowest BCUT2D eigenvalue weighted by Gasteiger charge is -2.13. The van der Waals surface area contributed by atoms with Crippen LogP contribution in [0.2, 0.25) is 0 Å². The summed E-state index contributed by atoms with van der Waals surface area (Å²) in [4.78, 5) is 4.25. The Morgan fingerprint density at radius 3 is 2.78 bits per heavy atom. The van der Waals surface area contributed by atoms with Crippen LogP contribution in [0, 0.1) is 0 Å². The van der Waals surface area contributed by atoms with Crippen LogP contribution < -0.4 is 20.1 Å². The zero-order chi connectivity index (χ0) is 16.1. The van der Waals surface area contributed by atoms with Crippen LogP contribution in [0.15, 0.2) is 41.7 Å². The van der Waals surface area contributed by atoms with Gasteiger partial charge in [-0.05, 0) is 23.8 Å². The van der Waals surface area contributed by atoms with Crippen LogP contribution in [0.5, 0.6) is 11.5 Å². The predicted octanol–water partition coefficient (Wildman–Crippen LogP) is 2.37. The van der Waals surface area contributed by atoms with Gasteiger partial charge in [0.2, 0.25) is 0 Å². The molecule has 0 spiro atoms. The Kier molecular flexibility index (Phi) is 4.71. The van der Waals surface area contributed by atoms with Crippen LogP contribution >= 0.6 is 0 Å². The summed E-state index contributed by atoms with van der Waals surface area (Å²) in [6, 6.07) is 7.90. The summed E-state index contributed by atoms with van der Waals surface area (Å²) in [6.07, 6.45) is 5.00. The van der Waals surface area contributed by atoms with Gasteiger partial charge in [-0.2, -0.15) is 0 Å². The van der Waals surface area contributed by atoms with E-state index in [-0.39, 0.29) is 0 Å². The molecule has 0 radical (unpaired) electrons. The summed E-state index contributed by atoms with van der Waals surface area (Å²) in [5, 5.41) is 6.57. The topological polar surface area (TPSA) is 59.8 Å². The molecule has 0 amide bonds. The number of nitrogens with one attached hydrogen (secondary N) is 2. The minimum Gasteiger partial charge on any atom is -0.490 e. The van der Waals surface area contributed by atoms with E-state index < -0.39 is 0 Å². The summed E-state index contributed by atoms with van der Waals surface area (Å²) in [6.45, 7) is 2.09. The average molecular weight is 314 g/mol. The third kappa shape index (κ3) is 3.97. The van der Waals surface area contributed by atoms with Gasteiger partial charge < -0.3 is 24.7 Å². The van der Waals surface area contributed by atoms with Crippen molar-refractivity contribution in [3.8, 4) is 11.5 Å². The van der Waals surface area contributed by atoms with Crippen molar-refractivity contribution >= 4 is 11.6 Å². The first-order valence-electron chi connectivity index (χ1n) is 7.73. The molecule has 1 aliphatic heterocycles. The van der Waals surface area contributed by atoms with E-state index in [1.54, 1.807) is 7.05 Å². The van der Waals surface area contributed by atoms with Crippen molar-refractivity contribution in [1.82, 2.24) is 9.88 Å². The maximum atomic E-state index is 5.71. The molecule has 6 heteroatoms. The van der Waals surface area contributed by atoms with E-state index in [9.17, 15) is 0 Å². The minimum atomic E-state index is 0.678. The van der Waals surface area contributed by atoms with Crippen molar-refractivity contribution in [3.63, 3.8) is 0 Å². The predicted molar refractivity (Wildman–Crippen MR) is 91.3 cm³/mol. The van der Waals surface area contributed by atoms with E-state index in [0.717, 1.165) is 23.6 Å². The Bertz CT molecular complexity index is 694. The minimum absolute atomic E-state index is 0.678. The molecule has 0 aliphatic carbocycles. The maximum absolute atomic E-state index is 5.71. The van der Waals surface area contributed by atoms with Crippen molar-refractivity contribution in [2.24, 2.45) is 12.0 Å². The van der Waals surface area contributed by atoms with Crippen molar-refractivity contribution in [1.29, 1.82) is 0 Å². The highest BCUT2D eigenvalue weighted by Gasteiger charge is 2.11. The number of nitrogens with zero attached hydrogens (tertiary/aromatic N) is 2. The first-order chi connectivity index (χ1) is 11.2. The number of benzene rings is 1. The second kappa shape index (κ2) is 7.09. The van der Waals surface area contributed by atoms with Gasteiger partial charge in [-0.1, -0.05) is 0 Å². The molecule has 1 aliphatic rings. The Labute approximate surface area is 136 Å². The van der Waals surface area contributed by atoms with Crippen molar-refractivity contribution in [2.75, 3.05) is 25.6 Å². The van der Waals surface area contributed by atoms with Crippen molar-refractivity contribution in [2.45, 2.75) is 13.0 Å². The fourth-order valence-electron chi connectivity index (χ4n) is 2.41. The monoisotopic (exact) mass is 314 g/mol. The highest BCUT2D eigenvalue weighted by molar-refractivity contribution is 5.93. The third-order valence-corrected chi connectivity index (χ3v) is 3.59. The molecule has 3 rings (SSSR count). The molecule has 0 saturated heterocycles. The highest BCUT2D eigenvalue weighted by Crippen LogP contribution is 2.32. The normalized spacial score (nSPS) is 14.3. The lowest BCUT2D eigenvalue weighted by atomic mass is 10.2. The van der Waals surface area contributed by atoms with Gasteiger partial charge in [0.05, 0.1) is 13.2 Å². The number of ether oxygens (including phenoxy) is 2. The molecule has 1 aromatic carbocycles. The van der Waals surface area contributed by atoms with Gasteiger partial charge in [0.15, 0.2) is 17.5 Å². The van der Waals surface area contributed by atoms with Gasteiger partial charge in [0.1, 0.15) is 0 Å². The van der Waals surface area contributed by atoms with Crippen LogP contribution in [0.1, 0.15) is 12.0 Å². The van der Waals surface area contributed by atoms with Gasteiger partial charge in [0, 0.05) is 51.2 Å². The standard InChI is InChI=1S/C17H22N4O2/c1-18-17(19-11-13-6-7-21(2)12-13)20-14-4-5-15-16(10-14)23-9-3-8-22-15/h4-7,10,12H,3,8-9,11H2,1-2H3,(H2,18,19,20). The second-order valence-electron chi connectivity index (χ2n) is 5.45. The fraction of sp³-hybridized carbons (Fsp3) is 0.353. The van der Waals surface area contributed by atoms with Gasteiger partial charge in [0.25, 0.3) is 0 Å². The molecule has 2 N–H and O–H groups in total. The number of fused-ring (bicyclic) bond motifs is 1. The lowest BCUT2D eigenvalue weighted by molar-refractivity contribution is 0.297. The summed E-state index contributed by atoms with van der Waals surface area (Å²) >= 11 is 0. The van der Waals surface area contributed by atoms with Crippen LogP contribution in [0.4, 0.5) is 5.69 Å². The molecule has 122 valence electrons. The molecule has 0 atom stereocenters. The van der Waals surface area contributed by atoms with Crippen LogP contribution in [0.25, 0.3) is 0 Å². The number of aromatic nitrogens is 1. The molecule has 0 unspecified atom stereocenters. The number of anilines is 1. The van der Waals surface area contributed by atoms with Gasteiger partial charge in [-0.3, -0.25) is 4.99 Å². The Morgan fingerprint density at radius 1 is 1.22 bits per heavy atom. The van der Waals surface area contributed by atoms with E-state index >= 15 is 0 Å². The summed E-state index contributed by atoms with van der Waals surface area (Å²) < 4.78 is 13.4. The number of guanidine groups is 1. The van der Waals surface area contributed by atoms with E-state index in [0.29, 0.717) is 25.7 Å². The smallest absolute Gasteiger partial charge is 0.195 e. The summed E-state index contributed by atoms with van der Waals surface area (Å²) in [5.41, 5.74) is 2.12. The Hall–Kier alpha value is -2.63. The van der Waals surface area contributed by atoms with Gasteiger partial charge >= 0.3 is 0 Å². The second-order valence-corrected chi connectivity index (χ2v) is 5.45. The highest BCUT2D eigenvalue weighted by atomic mass is 16.5. The maximum Gasteiger partial charge on any atom is 0.195 e. The van der Waals surface area contributed by atoms with E-state index in [2.05, 4.69) is 27.9 Å². The van der Waals surface area contributed by atoms with Gasteiger partial charge in [-0.15, -0.1) is 0 Å². The molecule has 0 saturated carbocycles. The van der Waals surface area contributed by atoms with Crippen LogP contribution in [-0.2, 0) is 13.6 Å². The third-order valence-electron chi connectivity index (χ3n) is 3.59. The molecule has 2 aromatic rings. The largest absolute Gasteiger partial charge is 0.490 e. The number of aryl methyl sites for hydroxylation is 1. The molecule has 2 heterocycles. The number of hydrogen-bond donors (Lipinski definition) is 2. The molecular formula is C17H22N4O2. The molecule has 0 bridgehead atoms. The van der Waals surface area contributed by atoms with Gasteiger partial charge in [-0.25, -0.2) is 0 Å². The molecule has 1 aromatic heterocycles. The zero-order valence-corrected chi connectivity index (χ0v) is 13.5. The average Bonchev–Trinajstić information content (AvgIpc) is 2.83. The van der Waals surface area contributed by atoms with Crippen LogP contribution in [0.3, 0.4) is 0 Å². The first-order valence-corrected chi connectivity index (χ1v) is 7.73. The fourth-order valence-corrected chi connectivity index (χ4v) is 2.41. The molecule has 23 heavy (non-hydrogen) atoms. The summed E-state index contributed by atoms with van der Waals surface area (Å²) in [7, 11) is 3.76. The van der Waals surface area contributed by atoms with Crippen molar-refractivity contribution < 1.29 is 9.47 Å². The van der Waals surface area contributed by atoms with Crippen LogP contribution in [-0.4, -0.2) is 30.8 Å². The van der Waals surface area contributed by atoms with E-state index in [1.807, 2.05) is 36.0 Å². The number of hydrogen-bond acceptors (Lipinski definition) is 3.